The minimum Gasteiger partial charge on any atom is -0.459 e. The molecule has 6 heteroatoms. The highest BCUT2D eigenvalue weighted by Crippen LogP contribution is 2.13. The number of hydrogen-bond acceptors (Lipinski definition) is 4. The molecule has 2 heterocycles. The van der Waals surface area contributed by atoms with Crippen LogP contribution in [0.15, 0.2) is 64.6 Å². The number of carbonyl (C=O) groups is 2. The van der Waals surface area contributed by atoms with Crippen molar-refractivity contribution in [2.24, 2.45) is 0 Å². The van der Waals surface area contributed by atoms with E-state index in [4.69, 9.17) is 4.42 Å². The third-order valence-electron chi connectivity index (χ3n) is 3.60. The lowest BCUT2D eigenvalue weighted by Crippen LogP contribution is -2.23. The fourth-order valence-electron chi connectivity index (χ4n) is 2.34. The van der Waals surface area contributed by atoms with E-state index in [0.717, 1.165) is 12.0 Å². The zero-order valence-corrected chi connectivity index (χ0v) is 14.3. The topological polar surface area (TPSA) is 71.3 Å². The molecule has 0 fully saturated rings. The van der Waals surface area contributed by atoms with E-state index >= 15 is 0 Å². The summed E-state index contributed by atoms with van der Waals surface area (Å²) in [4.78, 5) is 25.1. The zero-order valence-electron chi connectivity index (χ0n) is 13.5. The second-order valence-electron chi connectivity index (χ2n) is 5.49. The molecular formula is C19H18N2O3S. The Balaban J connectivity index is 1.49. The van der Waals surface area contributed by atoms with E-state index in [1.165, 1.54) is 11.1 Å². The average molecular weight is 354 g/mol. The molecule has 0 aliphatic rings. The Hall–Kier alpha value is -2.86. The lowest BCUT2D eigenvalue weighted by atomic mass is 10.2. The van der Waals surface area contributed by atoms with Crippen molar-refractivity contribution in [3.8, 4) is 0 Å². The maximum absolute atomic E-state index is 12.0. The van der Waals surface area contributed by atoms with Gasteiger partial charge in [-0.25, -0.2) is 0 Å². The summed E-state index contributed by atoms with van der Waals surface area (Å²) in [5.41, 5.74) is 1.58. The molecule has 0 unspecified atom stereocenters. The summed E-state index contributed by atoms with van der Waals surface area (Å²) in [6, 6.07) is 14.7. The molecule has 0 saturated heterocycles. The summed E-state index contributed by atoms with van der Waals surface area (Å²) in [6.07, 6.45) is 2.68. The largest absolute Gasteiger partial charge is 0.459 e. The summed E-state index contributed by atoms with van der Waals surface area (Å²) in [6.45, 7) is 0.424. The molecule has 0 spiro atoms. The Morgan fingerprint density at radius 2 is 2.00 bits per heavy atom. The van der Waals surface area contributed by atoms with Gasteiger partial charge in [-0.1, -0.05) is 18.2 Å². The van der Waals surface area contributed by atoms with Crippen LogP contribution in [0.2, 0.25) is 0 Å². The van der Waals surface area contributed by atoms with E-state index in [1.807, 2.05) is 35.7 Å². The fraction of sp³-hybridized carbons (Fsp3) is 0.158. The number of rotatable bonds is 7. The van der Waals surface area contributed by atoms with Crippen LogP contribution in [-0.2, 0) is 17.8 Å². The van der Waals surface area contributed by atoms with Crippen molar-refractivity contribution in [2.75, 3.05) is 5.32 Å². The van der Waals surface area contributed by atoms with Gasteiger partial charge in [0.1, 0.15) is 0 Å². The minimum atomic E-state index is -0.304. The molecule has 2 aromatic heterocycles. The maximum atomic E-state index is 12.0. The van der Waals surface area contributed by atoms with Gasteiger partial charge in [0.15, 0.2) is 5.76 Å². The van der Waals surface area contributed by atoms with E-state index in [9.17, 15) is 9.59 Å². The van der Waals surface area contributed by atoms with Gasteiger partial charge in [0.25, 0.3) is 5.91 Å². The summed E-state index contributed by atoms with van der Waals surface area (Å²) < 4.78 is 5.07. The van der Waals surface area contributed by atoms with Crippen molar-refractivity contribution in [1.82, 2.24) is 5.32 Å². The van der Waals surface area contributed by atoms with Crippen molar-refractivity contribution in [2.45, 2.75) is 19.4 Å². The molecule has 0 saturated carbocycles. The Morgan fingerprint density at radius 1 is 1.08 bits per heavy atom. The molecule has 0 bridgehead atoms. The second-order valence-corrected chi connectivity index (χ2v) is 6.52. The molecule has 0 aliphatic carbocycles. The lowest BCUT2D eigenvalue weighted by Gasteiger charge is -2.08. The van der Waals surface area contributed by atoms with Crippen LogP contribution in [0.25, 0.3) is 0 Å². The number of benzene rings is 1. The molecule has 1 aromatic carbocycles. The molecule has 25 heavy (non-hydrogen) atoms. The Bertz CT molecular complexity index is 826. The monoisotopic (exact) mass is 354 g/mol. The number of aryl methyl sites for hydroxylation is 1. The number of amides is 2. The molecule has 2 N–H and O–H groups in total. The van der Waals surface area contributed by atoms with Crippen LogP contribution in [0.5, 0.6) is 0 Å². The van der Waals surface area contributed by atoms with Crippen molar-refractivity contribution >= 4 is 28.8 Å². The van der Waals surface area contributed by atoms with Crippen LogP contribution >= 0.6 is 11.3 Å². The van der Waals surface area contributed by atoms with Gasteiger partial charge in [-0.3, -0.25) is 9.59 Å². The van der Waals surface area contributed by atoms with Gasteiger partial charge in [0.2, 0.25) is 5.91 Å². The molecule has 3 rings (SSSR count). The number of nitrogens with one attached hydrogen (secondary N) is 2. The van der Waals surface area contributed by atoms with Crippen LogP contribution < -0.4 is 10.6 Å². The van der Waals surface area contributed by atoms with Crippen molar-refractivity contribution in [1.29, 1.82) is 0 Å². The van der Waals surface area contributed by atoms with Crippen molar-refractivity contribution in [3.63, 3.8) is 0 Å². The van der Waals surface area contributed by atoms with Gasteiger partial charge in [0.05, 0.1) is 6.26 Å². The first-order valence-electron chi connectivity index (χ1n) is 7.93. The average Bonchev–Trinajstić information content (AvgIpc) is 3.32. The Kier molecular flexibility index (Phi) is 5.64. The molecule has 2 amide bonds. The fourth-order valence-corrected chi connectivity index (χ4v) is 3.05. The summed E-state index contributed by atoms with van der Waals surface area (Å²) in [5, 5.41) is 7.69. The number of anilines is 1. The molecule has 0 atom stereocenters. The molecule has 128 valence electrons. The SMILES string of the molecule is O=C(CCc1cccs1)NCc1cccc(NC(=O)c2ccco2)c1. The number of thiophene rings is 1. The summed E-state index contributed by atoms with van der Waals surface area (Å²) in [5.74, 6) is -0.0344. The third kappa shape index (κ3) is 5.06. The molecule has 0 aliphatic heterocycles. The van der Waals surface area contributed by atoms with E-state index in [1.54, 1.807) is 29.5 Å². The molecular weight excluding hydrogens is 336 g/mol. The highest BCUT2D eigenvalue weighted by molar-refractivity contribution is 7.09. The number of hydrogen-bond donors (Lipinski definition) is 2. The van der Waals surface area contributed by atoms with Crippen LogP contribution in [0.1, 0.15) is 27.4 Å². The highest BCUT2D eigenvalue weighted by atomic mass is 32.1. The maximum Gasteiger partial charge on any atom is 0.291 e. The van der Waals surface area contributed by atoms with Crippen molar-refractivity contribution < 1.29 is 14.0 Å². The molecule has 3 aromatic rings. The van der Waals surface area contributed by atoms with Crippen LogP contribution in [-0.4, -0.2) is 11.8 Å². The van der Waals surface area contributed by atoms with Gasteiger partial charge >= 0.3 is 0 Å². The van der Waals surface area contributed by atoms with Gasteiger partial charge in [-0.05, 0) is 47.7 Å². The zero-order chi connectivity index (χ0) is 17.5. The van der Waals surface area contributed by atoms with E-state index in [2.05, 4.69) is 10.6 Å². The summed E-state index contributed by atoms with van der Waals surface area (Å²) in [7, 11) is 0. The van der Waals surface area contributed by atoms with Gasteiger partial charge in [-0.15, -0.1) is 11.3 Å². The Morgan fingerprint density at radius 3 is 2.76 bits per heavy atom. The molecule has 5 nitrogen and oxygen atoms in total. The highest BCUT2D eigenvalue weighted by Gasteiger charge is 2.09. The van der Waals surface area contributed by atoms with E-state index in [0.29, 0.717) is 18.7 Å². The predicted octanol–water partition coefficient (Wildman–Crippen LogP) is 3.84. The third-order valence-corrected chi connectivity index (χ3v) is 4.53. The summed E-state index contributed by atoms with van der Waals surface area (Å²) >= 11 is 1.66. The standard InChI is InChI=1S/C19H18N2O3S/c22-18(9-8-16-6-3-11-25-16)20-13-14-4-1-5-15(12-14)21-19(23)17-7-2-10-24-17/h1-7,10-12H,8-9,13H2,(H,20,22)(H,21,23). The minimum absolute atomic E-state index is 0.0124. The smallest absolute Gasteiger partial charge is 0.291 e. The van der Waals surface area contributed by atoms with Crippen LogP contribution in [0.3, 0.4) is 0 Å². The van der Waals surface area contributed by atoms with Crippen LogP contribution in [0, 0.1) is 0 Å². The second kappa shape index (κ2) is 8.30. The van der Waals surface area contributed by atoms with Gasteiger partial charge < -0.3 is 15.1 Å². The first kappa shape index (κ1) is 17.0. The molecule has 0 radical (unpaired) electrons. The normalized spacial score (nSPS) is 10.4. The Labute approximate surface area is 149 Å². The first-order valence-corrected chi connectivity index (χ1v) is 8.81. The van der Waals surface area contributed by atoms with E-state index in [-0.39, 0.29) is 17.6 Å². The lowest BCUT2D eigenvalue weighted by molar-refractivity contribution is -0.121. The van der Waals surface area contributed by atoms with Crippen LogP contribution in [0.4, 0.5) is 5.69 Å². The van der Waals surface area contributed by atoms with Gasteiger partial charge in [-0.2, -0.15) is 0 Å². The number of furan rings is 1. The van der Waals surface area contributed by atoms with Gasteiger partial charge in [0, 0.05) is 23.5 Å². The predicted molar refractivity (Wildman–Crippen MR) is 97.6 cm³/mol. The first-order chi connectivity index (χ1) is 12.2. The van der Waals surface area contributed by atoms with E-state index < -0.39 is 0 Å². The number of carbonyl (C=O) groups excluding carboxylic acids is 2. The van der Waals surface area contributed by atoms with Crippen molar-refractivity contribution in [3.05, 3.63) is 76.4 Å². The quantitative estimate of drug-likeness (QED) is 0.677.